The monoisotopic (exact) mass is 304 g/mol. The molecule has 0 bridgehead atoms. The van der Waals surface area contributed by atoms with Crippen molar-refractivity contribution < 1.29 is 9.53 Å². The average Bonchev–Trinajstić information content (AvgIpc) is 2.90. The number of hydrogen-bond acceptors (Lipinski definition) is 3. The number of methoxy groups -OCH3 is 1. The van der Waals surface area contributed by atoms with Crippen LogP contribution >= 0.6 is 11.3 Å². The second-order valence-corrected chi connectivity index (χ2v) is 5.89. The Hall–Kier alpha value is -2.01. The molecule has 2 aromatic rings. The normalized spacial score (nSPS) is 10.2. The van der Waals surface area contributed by atoms with Crippen molar-refractivity contribution in [3.63, 3.8) is 0 Å². The third kappa shape index (κ3) is 4.23. The Bertz CT molecular complexity index is 610. The van der Waals surface area contributed by atoms with Gasteiger partial charge in [0.25, 0.3) is 0 Å². The van der Waals surface area contributed by atoms with Gasteiger partial charge < -0.3 is 15.0 Å². The number of nitrogens with zero attached hydrogens (tertiary/aromatic N) is 1. The smallest absolute Gasteiger partial charge is 0.317 e. The molecule has 0 spiro atoms. The van der Waals surface area contributed by atoms with Gasteiger partial charge in [-0.25, -0.2) is 4.79 Å². The highest BCUT2D eigenvalue weighted by Crippen LogP contribution is 2.17. The van der Waals surface area contributed by atoms with E-state index in [0.717, 1.165) is 11.3 Å². The van der Waals surface area contributed by atoms with Crippen LogP contribution in [0.2, 0.25) is 0 Å². The van der Waals surface area contributed by atoms with Crippen molar-refractivity contribution in [1.29, 1.82) is 0 Å². The lowest BCUT2D eigenvalue weighted by Crippen LogP contribution is -2.36. The van der Waals surface area contributed by atoms with Gasteiger partial charge >= 0.3 is 6.03 Å². The zero-order valence-electron chi connectivity index (χ0n) is 12.6. The Kier molecular flexibility index (Phi) is 5.22. The summed E-state index contributed by atoms with van der Waals surface area (Å²) in [4.78, 5) is 15.0. The third-order valence-electron chi connectivity index (χ3n) is 3.27. The predicted molar refractivity (Wildman–Crippen MR) is 85.8 cm³/mol. The summed E-state index contributed by atoms with van der Waals surface area (Å²) in [5.74, 6) is 0.796. The largest absolute Gasteiger partial charge is 0.497 e. The first-order chi connectivity index (χ1) is 10.1. The molecule has 2 amide bonds. The maximum atomic E-state index is 12.1. The zero-order chi connectivity index (χ0) is 15.2. The lowest BCUT2D eigenvalue weighted by atomic mass is 10.2. The van der Waals surface area contributed by atoms with Gasteiger partial charge in [-0.1, -0.05) is 12.1 Å². The molecular weight excluding hydrogens is 284 g/mol. The van der Waals surface area contributed by atoms with E-state index >= 15 is 0 Å². The number of urea groups is 1. The van der Waals surface area contributed by atoms with Crippen molar-refractivity contribution >= 4 is 17.4 Å². The van der Waals surface area contributed by atoms with Crippen LogP contribution in [0.3, 0.4) is 0 Å². The van der Waals surface area contributed by atoms with Gasteiger partial charge in [0, 0.05) is 18.5 Å². The number of thiophene rings is 1. The molecule has 0 aliphatic rings. The van der Waals surface area contributed by atoms with Crippen LogP contribution in [0.15, 0.2) is 35.7 Å². The molecule has 0 fully saturated rings. The second-order valence-electron chi connectivity index (χ2n) is 4.89. The number of ether oxygens (including phenoxy) is 1. The third-order valence-corrected chi connectivity index (χ3v) is 4.28. The predicted octanol–water partition coefficient (Wildman–Crippen LogP) is 3.41. The van der Waals surface area contributed by atoms with Crippen molar-refractivity contribution in [2.45, 2.75) is 20.0 Å². The highest BCUT2D eigenvalue weighted by molar-refractivity contribution is 7.10. The van der Waals surface area contributed by atoms with Gasteiger partial charge in [0.15, 0.2) is 0 Å². The molecule has 0 aliphatic heterocycles. The minimum atomic E-state index is -0.0781. The van der Waals surface area contributed by atoms with Gasteiger partial charge in [-0.05, 0) is 41.6 Å². The lowest BCUT2D eigenvalue weighted by Gasteiger charge is -2.18. The van der Waals surface area contributed by atoms with E-state index in [2.05, 4.69) is 18.3 Å². The summed E-state index contributed by atoms with van der Waals surface area (Å²) in [7, 11) is 3.44. The standard InChI is InChI=1S/C16H20N2O2S/c1-12-7-8-21-15(12)11-18(2)16(19)17-10-13-5-4-6-14(9-13)20-3/h4-9H,10-11H2,1-3H3,(H,17,19). The van der Waals surface area contributed by atoms with E-state index in [9.17, 15) is 4.79 Å². The van der Waals surface area contributed by atoms with E-state index in [0.29, 0.717) is 13.1 Å². The molecule has 21 heavy (non-hydrogen) atoms. The molecule has 2 rings (SSSR count). The van der Waals surface area contributed by atoms with Gasteiger partial charge in [0.2, 0.25) is 0 Å². The molecule has 1 heterocycles. The molecule has 4 nitrogen and oxygen atoms in total. The Morgan fingerprint density at radius 3 is 2.86 bits per heavy atom. The van der Waals surface area contributed by atoms with Crippen LogP contribution in [0.5, 0.6) is 5.75 Å². The first-order valence-corrected chi connectivity index (χ1v) is 7.63. The SMILES string of the molecule is COc1cccc(CNC(=O)N(C)Cc2sccc2C)c1. The molecule has 0 aliphatic carbocycles. The first kappa shape index (κ1) is 15.4. The second kappa shape index (κ2) is 7.13. The highest BCUT2D eigenvalue weighted by Gasteiger charge is 2.10. The van der Waals surface area contributed by atoms with Crippen molar-refractivity contribution in [3.05, 3.63) is 51.7 Å². The summed E-state index contributed by atoms with van der Waals surface area (Å²) < 4.78 is 5.17. The Morgan fingerprint density at radius 2 is 2.19 bits per heavy atom. The van der Waals surface area contributed by atoms with Gasteiger partial charge in [0.1, 0.15) is 5.75 Å². The zero-order valence-corrected chi connectivity index (χ0v) is 13.4. The molecule has 1 aromatic carbocycles. The van der Waals surface area contributed by atoms with E-state index in [1.165, 1.54) is 10.4 Å². The number of hydrogen-bond donors (Lipinski definition) is 1. The molecule has 0 radical (unpaired) electrons. The number of aryl methyl sites for hydroxylation is 1. The van der Waals surface area contributed by atoms with E-state index in [1.807, 2.05) is 29.6 Å². The lowest BCUT2D eigenvalue weighted by molar-refractivity contribution is 0.207. The molecule has 1 aromatic heterocycles. The molecule has 0 saturated heterocycles. The number of carbonyl (C=O) groups excluding carboxylic acids is 1. The van der Waals surface area contributed by atoms with Crippen LogP contribution < -0.4 is 10.1 Å². The van der Waals surface area contributed by atoms with E-state index in [-0.39, 0.29) is 6.03 Å². The van der Waals surface area contributed by atoms with Gasteiger partial charge in [-0.2, -0.15) is 0 Å². The number of nitrogens with one attached hydrogen (secondary N) is 1. The van der Waals surface area contributed by atoms with E-state index in [1.54, 1.807) is 30.4 Å². The fourth-order valence-electron chi connectivity index (χ4n) is 1.95. The van der Waals surface area contributed by atoms with Crippen molar-refractivity contribution in [2.75, 3.05) is 14.2 Å². The summed E-state index contributed by atoms with van der Waals surface area (Å²) in [5.41, 5.74) is 2.25. The van der Waals surface area contributed by atoms with Gasteiger partial charge in [0.05, 0.1) is 13.7 Å². The Balaban J connectivity index is 1.87. The van der Waals surface area contributed by atoms with Crippen LogP contribution in [0.25, 0.3) is 0 Å². The molecule has 5 heteroatoms. The minimum absolute atomic E-state index is 0.0781. The van der Waals surface area contributed by atoms with Crippen molar-refractivity contribution in [1.82, 2.24) is 10.2 Å². The summed E-state index contributed by atoms with van der Waals surface area (Å²) in [6.07, 6.45) is 0. The van der Waals surface area contributed by atoms with Crippen LogP contribution in [0.1, 0.15) is 16.0 Å². The van der Waals surface area contributed by atoms with Gasteiger partial charge in [-0.3, -0.25) is 0 Å². The Labute approximate surface area is 129 Å². The maximum Gasteiger partial charge on any atom is 0.317 e. The van der Waals surface area contributed by atoms with Gasteiger partial charge in [-0.15, -0.1) is 11.3 Å². The number of rotatable bonds is 5. The van der Waals surface area contributed by atoms with E-state index in [4.69, 9.17) is 4.74 Å². The topological polar surface area (TPSA) is 41.6 Å². The molecule has 1 N–H and O–H groups in total. The van der Waals surface area contributed by atoms with Crippen molar-refractivity contribution in [3.8, 4) is 5.75 Å². The summed E-state index contributed by atoms with van der Waals surface area (Å²) in [6, 6.07) is 9.68. The van der Waals surface area contributed by atoms with E-state index < -0.39 is 0 Å². The molecular formula is C16H20N2O2S. The van der Waals surface area contributed by atoms with Crippen LogP contribution in [0, 0.1) is 6.92 Å². The van der Waals surface area contributed by atoms with Crippen molar-refractivity contribution in [2.24, 2.45) is 0 Å². The maximum absolute atomic E-state index is 12.1. The summed E-state index contributed by atoms with van der Waals surface area (Å²) >= 11 is 1.68. The van der Waals surface area contributed by atoms with Crippen LogP contribution in [-0.2, 0) is 13.1 Å². The highest BCUT2D eigenvalue weighted by atomic mass is 32.1. The molecule has 0 saturated carbocycles. The van der Waals surface area contributed by atoms with Crippen LogP contribution in [-0.4, -0.2) is 25.1 Å². The molecule has 0 atom stereocenters. The quantitative estimate of drug-likeness (QED) is 0.920. The minimum Gasteiger partial charge on any atom is -0.497 e. The Morgan fingerprint density at radius 1 is 1.38 bits per heavy atom. The van der Waals surface area contributed by atoms with Crippen LogP contribution in [0.4, 0.5) is 4.79 Å². The molecule has 0 unspecified atom stereocenters. The number of carbonyl (C=O) groups is 1. The average molecular weight is 304 g/mol. The number of amides is 2. The fraction of sp³-hybridized carbons (Fsp3) is 0.312. The first-order valence-electron chi connectivity index (χ1n) is 6.75. The summed E-state index contributed by atoms with van der Waals surface area (Å²) in [5, 5.41) is 4.97. The summed E-state index contributed by atoms with van der Waals surface area (Å²) in [6.45, 7) is 3.19. The fourth-order valence-corrected chi connectivity index (χ4v) is 2.91. The number of benzene rings is 1. The molecule has 112 valence electrons.